The van der Waals surface area contributed by atoms with Crippen LogP contribution in [-0.2, 0) is 6.18 Å². The number of hydrogen-bond acceptors (Lipinski definition) is 4. The van der Waals surface area contributed by atoms with Crippen molar-refractivity contribution in [2.45, 2.75) is 13.1 Å². The maximum Gasteiger partial charge on any atom is 0.416 e. The van der Waals surface area contributed by atoms with E-state index in [-0.39, 0.29) is 5.78 Å². The van der Waals surface area contributed by atoms with Crippen LogP contribution in [0.3, 0.4) is 0 Å². The lowest BCUT2D eigenvalue weighted by Crippen LogP contribution is -2.04. The molecule has 2 N–H and O–H groups in total. The molecule has 33 heavy (non-hydrogen) atoms. The van der Waals surface area contributed by atoms with E-state index in [0.717, 1.165) is 12.1 Å². The summed E-state index contributed by atoms with van der Waals surface area (Å²) in [6, 6.07) is 18.7. The second-order valence-corrected chi connectivity index (χ2v) is 8.52. The molecule has 0 aliphatic carbocycles. The third-order valence-corrected chi connectivity index (χ3v) is 6.37. The standard InChI is InChI=1S/C26H18F3NO2S/c1-15(32)16-7-4-9-18(12-16)24-22(17-8-5-10-20(13-17)26(27,28)29)23(25(30)33-24)21-11-3-2-6-19(21)14-31/h2-14H,30H2,1H3. The van der Waals surface area contributed by atoms with E-state index in [0.29, 0.717) is 55.1 Å². The van der Waals surface area contributed by atoms with Crippen molar-refractivity contribution in [1.29, 1.82) is 0 Å². The number of nitrogens with two attached hydrogens (primary N) is 1. The number of carbonyl (C=O) groups excluding carboxylic acids is 2. The molecule has 1 aromatic heterocycles. The quantitative estimate of drug-likeness (QED) is 0.247. The van der Waals surface area contributed by atoms with Gasteiger partial charge >= 0.3 is 6.18 Å². The molecule has 4 aromatic rings. The van der Waals surface area contributed by atoms with E-state index < -0.39 is 11.7 Å². The van der Waals surface area contributed by atoms with Gasteiger partial charge in [0.1, 0.15) is 0 Å². The largest absolute Gasteiger partial charge is 0.416 e. The van der Waals surface area contributed by atoms with Crippen molar-refractivity contribution in [2.75, 3.05) is 5.73 Å². The lowest BCUT2D eigenvalue weighted by Gasteiger charge is -2.13. The molecule has 3 nitrogen and oxygen atoms in total. The average Bonchev–Trinajstić information content (AvgIpc) is 3.15. The zero-order chi connectivity index (χ0) is 23.8. The topological polar surface area (TPSA) is 60.2 Å². The van der Waals surface area contributed by atoms with Gasteiger partial charge in [-0.2, -0.15) is 13.2 Å². The highest BCUT2D eigenvalue weighted by Gasteiger charge is 2.31. The molecule has 0 bridgehead atoms. The van der Waals surface area contributed by atoms with Crippen molar-refractivity contribution < 1.29 is 22.8 Å². The molecule has 3 aromatic carbocycles. The first-order valence-electron chi connectivity index (χ1n) is 9.96. The highest BCUT2D eigenvalue weighted by atomic mass is 32.1. The van der Waals surface area contributed by atoms with Gasteiger partial charge in [-0.05, 0) is 41.8 Å². The van der Waals surface area contributed by atoms with Crippen LogP contribution in [0.1, 0.15) is 33.2 Å². The Kier molecular flexibility index (Phi) is 5.91. The Hall–Kier alpha value is -3.71. The van der Waals surface area contributed by atoms with Gasteiger partial charge < -0.3 is 5.73 Å². The van der Waals surface area contributed by atoms with Gasteiger partial charge in [-0.3, -0.25) is 9.59 Å². The van der Waals surface area contributed by atoms with Gasteiger partial charge in [0, 0.05) is 27.1 Å². The maximum absolute atomic E-state index is 13.5. The minimum Gasteiger partial charge on any atom is -0.390 e. The van der Waals surface area contributed by atoms with E-state index in [9.17, 15) is 22.8 Å². The summed E-state index contributed by atoms with van der Waals surface area (Å²) in [5.41, 5.74) is 8.95. The van der Waals surface area contributed by atoms with Crippen LogP contribution >= 0.6 is 11.3 Å². The first kappa shape index (κ1) is 22.5. The number of halogens is 3. The molecule has 0 spiro atoms. The Labute approximate surface area is 192 Å². The number of carbonyl (C=O) groups is 2. The second-order valence-electron chi connectivity index (χ2n) is 7.47. The van der Waals surface area contributed by atoms with Crippen LogP contribution < -0.4 is 5.73 Å². The molecule has 0 atom stereocenters. The summed E-state index contributed by atoms with van der Waals surface area (Å²) in [6.07, 6.45) is -3.83. The van der Waals surface area contributed by atoms with Crippen molar-refractivity contribution >= 4 is 28.4 Å². The molecule has 166 valence electrons. The number of ketones is 1. The van der Waals surface area contributed by atoms with E-state index in [2.05, 4.69) is 0 Å². The van der Waals surface area contributed by atoms with Crippen molar-refractivity contribution in [3.05, 3.63) is 89.5 Å². The Morgan fingerprint density at radius 2 is 1.61 bits per heavy atom. The van der Waals surface area contributed by atoms with E-state index >= 15 is 0 Å². The predicted octanol–water partition coefficient (Wildman–Crippen LogP) is 7.37. The van der Waals surface area contributed by atoms with Gasteiger partial charge in [-0.25, -0.2) is 0 Å². The number of alkyl halides is 3. The van der Waals surface area contributed by atoms with Gasteiger partial charge in [0.15, 0.2) is 12.1 Å². The summed E-state index contributed by atoms with van der Waals surface area (Å²) in [6.45, 7) is 1.45. The molecule has 0 saturated heterocycles. The van der Waals surface area contributed by atoms with E-state index in [1.54, 1.807) is 54.6 Å². The SMILES string of the molecule is CC(=O)c1cccc(-c2sc(N)c(-c3ccccc3C=O)c2-c2cccc(C(F)(F)F)c2)c1. The molecule has 7 heteroatoms. The number of benzene rings is 3. The predicted molar refractivity (Wildman–Crippen MR) is 125 cm³/mol. The molecular weight excluding hydrogens is 447 g/mol. The molecule has 0 aliphatic rings. The molecule has 0 amide bonds. The van der Waals surface area contributed by atoms with Gasteiger partial charge in [0.2, 0.25) is 0 Å². The summed E-state index contributed by atoms with van der Waals surface area (Å²) in [5.74, 6) is -0.131. The van der Waals surface area contributed by atoms with E-state index in [1.165, 1.54) is 24.3 Å². The Morgan fingerprint density at radius 1 is 0.909 bits per heavy atom. The lowest BCUT2D eigenvalue weighted by molar-refractivity contribution is -0.137. The Morgan fingerprint density at radius 3 is 2.30 bits per heavy atom. The third-order valence-electron chi connectivity index (χ3n) is 5.30. The number of thiophene rings is 1. The van der Waals surface area contributed by atoms with E-state index in [4.69, 9.17) is 5.73 Å². The van der Waals surface area contributed by atoms with Crippen LogP contribution in [-0.4, -0.2) is 12.1 Å². The van der Waals surface area contributed by atoms with Crippen molar-refractivity contribution in [3.63, 3.8) is 0 Å². The van der Waals surface area contributed by atoms with Crippen molar-refractivity contribution in [3.8, 4) is 32.7 Å². The Balaban J connectivity index is 2.07. The van der Waals surface area contributed by atoms with Crippen LogP contribution in [0.15, 0.2) is 72.8 Å². The van der Waals surface area contributed by atoms with Crippen molar-refractivity contribution in [2.24, 2.45) is 0 Å². The van der Waals surface area contributed by atoms with Gasteiger partial charge in [-0.1, -0.05) is 54.6 Å². The number of Topliss-reactive ketones (excluding diaryl/α,β-unsaturated/α-hetero) is 1. The highest BCUT2D eigenvalue weighted by Crippen LogP contribution is 2.50. The average molecular weight is 465 g/mol. The molecule has 1 heterocycles. The van der Waals surface area contributed by atoms with Gasteiger partial charge in [0.05, 0.1) is 10.6 Å². The number of hydrogen-bond donors (Lipinski definition) is 1. The van der Waals surface area contributed by atoms with Crippen LogP contribution in [0, 0.1) is 0 Å². The maximum atomic E-state index is 13.5. The molecule has 0 saturated carbocycles. The summed E-state index contributed by atoms with van der Waals surface area (Å²) in [5, 5.41) is 0.361. The summed E-state index contributed by atoms with van der Waals surface area (Å²) in [4.78, 5) is 24.3. The molecule has 0 radical (unpaired) electrons. The first-order valence-corrected chi connectivity index (χ1v) is 10.8. The fourth-order valence-corrected chi connectivity index (χ4v) is 4.85. The zero-order valence-electron chi connectivity index (χ0n) is 17.4. The fourth-order valence-electron chi connectivity index (χ4n) is 3.75. The summed E-state index contributed by atoms with van der Waals surface area (Å²) >= 11 is 1.21. The summed E-state index contributed by atoms with van der Waals surface area (Å²) in [7, 11) is 0. The van der Waals surface area contributed by atoms with Crippen LogP contribution in [0.2, 0.25) is 0 Å². The van der Waals surface area contributed by atoms with Crippen molar-refractivity contribution in [1.82, 2.24) is 0 Å². The normalized spacial score (nSPS) is 11.4. The van der Waals surface area contributed by atoms with Crippen LogP contribution in [0.5, 0.6) is 0 Å². The molecule has 0 fully saturated rings. The number of anilines is 1. The smallest absolute Gasteiger partial charge is 0.390 e. The zero-order valence-corrected chi connectivity index (χ0v) is 18.3. The van der Waals surface area contributed by atoms with Gasteiger partial charge in [0.25, 0.3) is 0 Å². The monoisotopic (exact) mass is 465 g/mol. The number of nitrogen functional groups attached to an aromatic ring is 1. The molecule has 4 rings (SSSR count). The lowest BCUT2D eigenvalue weighted by atomic mass is 9.91. The van der Waals surface area contributed by atoms with Crippen LogP contribution in [0.25, 0.3) is 32.7 Å². The van der Waals surface area contributed by atoms with Crippen LogP contribution in [0.4, 0.5) is 18.2 Å². The minimum atomic E-state index is -4.52. The molecular formula is C26H18F3NO2S. The molecule has 0 aliphatic heterocycles. The third kappa shape index (κ3) is 4.32. The van der Waals surface area contributed by atoms with Gasteiger partial charge in [-0.15, -0.1) is 11.3 Å². The Bertz CT molecular complexity index is 1370. The van der Waals surface area contributed by atoms with E-state index in [1.807, 2.05) is 0 Å². The summed E-state index contributed by atoms with van der Waals surface area (Å²) < 4.78 is 40.5. The molecule has 0 unspecified atom stereocenters. The highest BCUT2D eigenvalue weighted by molar-refractivity contribution is 7.20. The fraction of sp³-hybridized carbons (Fsp3) is 0.0769. The first-order chi connectivity index (χ1) is 15.7. The second kappa shape index (κ2) is 8.67. The number of rotatable bonds is 5. The number of aldehydes is 1. The minimum absolute atomic E-state index is 0.131.